The summed E-state index contributed by atoms with van der Waals surface area (Å²) in [5.74, 6) is 0.435. The fraction of sp³-hybridized carbons (Fsp3) is 0.400. The van der Waals surface area contributed by atoms with Crippen LogP contribution in [0.25, 0.3) is 0 Å². The van der Waals surface area contributed by atoms with Crippen LogP contribution in [0.5, 0.6) is 5.75 Å². The highest BCUT2D eigenvalue weighted by molar-refractivity contribution is 9.10. The molecule has 2 aromatic rings. The third-order valence-corrected chi connectivity index (χ3v) is 6.08. The van der Waals surface area contributed by atoms with E-state index in [1.54, 1.807) is 25.5 Å². The highest BCUT2D eigenvalue weighted by Crippen LogP contribution is 2.21. The maximum atomic E-state index is 13.0. The summed E-state index contributed by atoms with van der Waals surface area (Å²) >= 11 is 3.44. The van der Waals surface area contributed by atoms with Gasteiger partial charge in [-0.2, -0.15) is 5.10 Å². The molecule has 1 unspecified atom stereocenters. The molecule has 2 amide bonds. The minimum atomic E-state index is -0.310. The molecule has 0 saturated carbocycles. The van der Waals surface area contributed by atoms with Crippen LogP contribution in [0, 0.1) is 0 Å². The summed E-state index contributed by atoms with van der Waals surface area (Å²) in [6, 6.07) is 14.4. The van der Waals surface area contributed by atoms with E-state index in [0.29, 0.717) is 50.6 Å². The second-order valence-electron chi connectivity index (χ2n) is 7.90. The van der Waals surface area contributed by atoms with E-state index >= 15 is 0 Å². The molecule has 2 N–H and O–H groups in total. The van der Waals surface area contributed by atoms with Gasteiger partial charge in [-0.25, -0.2) is 5.43 Å². The van der Waals surface area contributed by atoms with Gasteiger partial charge in [-0.3, -0.25) is 14.5 Å². The Labute approximate surface area is 208 Å². The monoisotopic (exact) mass is 530 g/mol. The SMILES string of the molecule is COc1ccc(Br)cc1C=NNC(=O)C(CCCCNC(=O)c1ccccc1)N1CCOCC1. The molecule has 1 atom stereocenters. The molecule has 182 valence electrons. The Kier molecular flexibility index (Phi) is 10.5. The number of nitrogens with one attached hydrogen (secondary N) is 2. The van der Waals surface area contributed by atoms with E-state index in [1.165, 1.54) is 0 Å². The fourth-order valence-corrected chi connectivity index (χ4v) is 4.15. The van der Waals surface area contributed by atoms with E-state index in [9.17, 15) is 9.59 Å². The van der Waals surface area contributed by atoms with Gasteiger partial charge < -0.3 is 14.8 Å². The molecule has 9 heteroatoms. The number of benzene rings is 2. The number of rotatable bonds is 11. The number of morpholine rings is 1. The first kappa shape index (κ1) is 25.9. The normalized spacial score (nSPS) is 15.1. The number of carbonyl (C=O) groups excluding carboxylic acids is 2. The van der Waals surface area contributed by atoms with Crippen molar-refractivity contribution in [2.24, 2.45) is 5.10 Å². The molecular formula is C25H31BrN4O4. The molecule has 0 radical (unpaired) electrons. The Morgan fingerprint density at radius 3 is 2.68 bits per heavy atom. The van der Waals surface area contributed by atoms with Gasteiger partial charge in [0.2, 0.25) is 0 Å². The van der Waals surface area contributed by atoms with E-state index in [2.05, 4.69) is 36.7 Å². The van der Waals surface area contributed by atoms with Crippen LogP contribution in [0.1, 0.15) is 35.2 Å². The Bertz CT molecular complexity index is 965. The average molecular weight is 531 g/mol. The number of carbonyl (C=O) groups is 2. The Morgan fingerprint density at radius 1 is 1.18 bits per heavy atom. The van der Waals surface area contributed by atoms with Gasteiger partial charge in [0.15, 0.2) is 0 Å². The molecule has 2 aromatic carbocycles. The predicted molar refractivity (Wildman–Crippen MR) is 135 cm³/mol. The molecule has 0 bridgehead atoms. The molecular weight excluding hydrogens is 500 g/mol. The third-order valence-electron chi connectivity index (χ3n) is 5.59. The molecule has 1 heterocycles. The summed E-state index contributed by atoms with van der Waals surface area (Å²) in [5, 5.41) is 7.10. The third kappa shape index (κ3) is 7.93. The van der Waals surface area contributed by atoms with Crippen molar-refractivity contribution < 1.29 is 19.1 Å². The highest BCUT2D eigenvalue weighted by Gasteiger charge is 2.27. The lowest BCUT2D eigenvalue weighted by Crippen LogP contribution is -2.50. The molecule has 0 aliphatic carbocycles. The van der Waals surface area contributed by atoms with Gasteiger partial charge in [0, 0.05) is 35.2 Å². The number of hydrogen-bond acceptors (Lipinski definition) is 6. The van der Waals surface area contributed by atoms with Gasteiger partial charge in [-0.15, -0.1) is 0 Å². The van der Waals surface area contributed by atoms with Gasteiger partial charge in [0.25, 0.3) is 11.8 Å². The topological polar surface area (TPSA) is 92.3 Å². The van der Waals surface area contributed by atoms with Crippen LogP contribution in [-0.2, 0) is 9.53 Å². The number of ether oxygens (including phenoxy) is 2. The standard InChI is InChI=1S/C25H31BrN4O4/c1-33-23-11-10-21(26)17-20(23)18-28-29-25(32)22(30-13-15-34-16-14-30)9-5-6-12-27-24(31)19-7-3-2-4-8-19/h2-4,7-8,10-11,17-18,22H,5-6,9,12-16H2,1H3,(H,27,31)(H,29,32). The first-order valence-corrected chi connectivity index (χ1v) is 12.2. The molecule has 0 aromatic heterocycles. The predicted octanol–water partition coefficient (Wildman–Crippen LogP) is 3.21. The number of hydrazone groups is 1. The van der Waals surface area contributed by atoms with Gasteiger partial charge >= 0.3 is 0 Å². The maximum absolute atomic E-state index is 13.0. The summed E-state index contributed by atoms with van der Waals surface area (Å²) in [6.07, 6.45) is 3.83. The van der Waals surface area contributed by atoms with Crippen molar-refractivity contribution in [3.05, 3.63) is 64.1 Å². The van der Waals surface area contributed by atoms with Crippen LogP contribution >= 0.6 is 15.9 Å². The zero-order valence-corrected chi connectivity index (χ0v) is 20.9. The van der Waals surface area contributed by atoms with Crippen molar-refractivity contribution in [1.82, 2.24) is 15.6 Å². The second kappa shape index (κ2) is 13.8. The molecule has 1 aliphatic heterocycles. The molecule has 1 saturated heterocycles. The fourth-order valence-electron chi connectivity index (χ4n) is 3.77. The number of methoxy groups -OCH3 is 1. The molecule has 8 nitrogen and oxygen atoms in total. The first-order chi connectivity index (χ1) is 16.6. The van der Waals surface area contributed by atoms with Crippen molar-refractivity contribution in [2.75, 3.05) is 40.0 Å². The molecule has 1 fully saturated rings. The second-order valence-corrected chi connectivity index (χ2v) is 8.82. The lowest BCUT2D eigenvalue weighted by atomic mass is 10.1. The zero-order chi connectivity index (χ0) is 24.2. The molecule has 3 rings (SSSR count). The number of halogens is 1. The van der Waals surface area contributed by atoms with Gasteiger partial charge in [-0.1, -0.05) is 34.1 Å². The minimum absolute atomic E-state index is 0.0830. The minimum Gasteiger partial charge on any atom is -0.496 e. The molecule has 34 heavy (non-hydrogen) atoms. The van der Waals surface area contributed by atoms with Crippen molar-refractivity contribution in [1.29, 1.82) is 0 Å². The van der Waals surface area contributed by atoms with Gasteiger partial charge in [-0.05, 0) is 49.6 Å². The summed E-state index contributed by atoms with van der Waals surface area (Å²) in [5.41, 5.74) is 4.09. The average Bonchev–Trinajstić information content (AvgIpc) is 2.87. The van der Waals surface area contributed by atoms with Gasteiger partial charge in [0.1, 0.15) is 5.75 Å². The lowest BCUT2D eigenvalue weighted by Gasteiger charge is -2.33. The summed E-state index contributed by atoms with van der Waals surface area (Å²) in [7, 11) is 1.59. The van der Waals surface area contributed by atoms with Gasteiger partial charge in [0.05, 0.1) is 32.6 Å². The van der Waals surface area contributed by atoms with Crippen LogP contribution < -0.4 is 15.5 Å². The zero-order valence-electron chi connectivity index (χ0n) is 19.3. The van der Waals surface area contributed by atoms with Crippen molar-refractivity contribution in [3.63, 3.8) is 0 Å². The Hall–Kier alpha value is -2.75. The molecule has 0 spiro atoms. The highest BCUT2D eigenvalue weighted by atomic mass is 79.9. The largest absolute Gasteiger partial charge is 0.496 e. The Balaban J connectivity index is 1.51. The summed E-state index contributed by atoms with van der Waals surface area (Å²) in [6.45, 7) is 3.18. The molecule has 1 aliphatic rings. The Morgan fingerprint density at radius 2 is 1.94 bits per heavy atom. The lowest BCUT2D eigenvalue weighted by molar-refractivity contribution is -0.128. The van der Waals surface area contributed by atoms with Crippen molar-refractivity contribution in [3.8, 4) is 5.75 Å². The number of amides is 2. The number of unbranched alkanes of at least 4 members (excludes halogenated alkanes) is 1. The van der Waals surface area contributed by atoms with Crippen molar-refractivity contribution in [2.45, 2.75) is 25.3 Å². The van der Waals surface area contributed by atoms with E-state index in [1.807, 2.05) is 36.4 Å². The van der Waals surface area contributed by atoms with Crippen LogP contribution in [0.2, 0.25) is 0 Å². The van der Waals surface area contributed by atoms with Crippen LogP contribution in [0.3, 0.4) is 0 Å². The van der Waals surface area contributed by atoms with Crippen LogP contribution in [-0.4, -0.2) is 68.9 Å². The first-order valence-electron chi connectivity index (χ1n) is 11.4. The van der Waals surface area contributed by atoms with E-state index in [-0.39, 0.29) is 17.9 Å². The quantitative estimate of drug-likeness (QED) is 0.264. The smallest absolute Gasteiger partial charge is 0.257 e. The maximum Gasteiger partial charge on any atom is 0.257 e. The summed E-state index contributed by atoms with van der Waals surface area (Å²) in [4.78, 5) is 27.3. The van der Waals surface area contributed by atoms with E-state index in [0.717, 1.165) is 22.9 Å². The van der Waals surface area contributed by atoms with Crippen LogP contribution in [0.4, 0.5) is 0 Å². The van der Waals surface area contributed by atoms with E-state index in [4.69, 9.17) is 9.47 Å². The van der Waals surface area contributed by atoms with E-state index < -0.39 is 0 Å². The summed E-state index contributed by atoms with van der Waals surface area (Å²) < 4.78 is 11.7. The van der Waals surface area contributed by atoms with Crippen molar-refractivity contribution >= 4 is 34.0 Å². The van der Waals surface area contributed by atoms with Crippen LogP contribution in [0.15, 0.2) is 58.1 Å². The number of hydrogen-bond donors (Lipinski definition) is 2. The number of nitrogens with zero attached hydrogens (tertiary/aromatic N) is 2.